The van der Waals surface area contributed by atoms with Crippen LogP contribution in [-0.4, -0.2) is 14.4 Å². The van der Waals surface area contributed by atoms with Crippen molar-refractivity contribution in [2.45, 2.75) is 31.5 Å². The van der Waals surface area contributed by atoms with Crippen molar-refractivity contribution in [2.24, 2.45) is 0 Å². The van der Waals surface area contributed by atoms with E-state index in [1.54, 1.807) is 0 Å². The van der Waals surface area contributed by atoms with E-state index in [2.05, 4.69) is 85.9 Å². The molecule has 0 unspecified atom stereocenters. The summed E-state index contributed by atoms with van der Waals surface area (Å²) < 4.78 is 6.63. The van der Waals surface area contributed by atoms with Gasteiger partial charge in [0.1, 0.15) is 0 Å². The molecule has 2 aromatic rings. The van der Waals surface area contributed by atoms with Crippen LogP contribution in [0.5, 0.6) is 0 Å². The average Bonchev–Trinajstić information content (AvgIpc) is 2.96. The highest BCUT2D eigenvalue weighted by Gasteiger charge is 2.33. The second-order valence-electron chi connectivity index (χ2n) is 6.13. The van der Waals surface area contributed by atoms with E-state index in [0.717, 1.165) is 6.42 Å². The molecule has 0 saturated carbocycles. The van der Waals surface area contributed by atoms with Gasteiger partial charge in [0, 0.05) is 5.92 Å². The average molecular weight is 294 g/mol. The van der Waals surface area contributed by atoms with Crippen molar-refractivity contribution >= 4 is 13.5 Å². The highest BCUT2D eigenvalue weighted by atomic mass is 28.4. The zero-order valence-electron chi connectivity index (χ0n) is 12.7. The first kappa shape index (κ1) is 14.3. The van der Waals surface area contributed by atoms with E-state index in [1.165, 1.54) is 10.8 Å². The maximum atomic E-state index is 6.63. The molecule has 2 atom stereocenters. The molecule has 1 aliphatic carbocycles. The molecule has 0 bridgehead atoms. The highest BCUT2D eigenvalue weighted by Crippen LogP contribution is 2.32. The molecule has 0 radical (unpaired) electrons. The van der Waals surface area contributed by atoms with Crippen molar-refractivity contribution in [3.05, 3.63) is 78.4 Å². The van der Waals surface area contributed by atoms with Gasteiger partial charge >= 0.3 is 0 Å². The van der Waals surface area contributed by atoms with Crippen LogP contribution in [0.25, 0.3) is 0 Å². The van der Waals surface area contributed by atoms with Crippen LogP contribution in [0.4, 0.5) is 0 Å². The van der Waals surface area contributed by atoms with E-state index in [0.29, 0.717) is 5.92 Å². The van der Waals surface area contributed by atoms with Gasteiger partial charge in [0.15, 0.2) is 0 Å². The van der Waals surface area contributed by atoms with Crippen LogP contribution < -0.4 is 5.19 Å². The maximum absolute atomic E-state index is 6.63. The summed E-state index contributed by atoms with van der Waals surface area (Å²) in [6, 6.07) is 21.4. The lowest BCUT2D eigenvalue weighted by molar-refractivity contribution is 0.193. The predicted octanol–water partition coefficient (Wildman–Crippen LogP) is 4.23. The molecule has 21 heavy (non-hydrogen) atoms. The third-order valence-electron chi connectivity index (χ3n) is 4.21. The molecule has 0 aliphatic heterocycles. The Kier molecular flexibility index (Phi) is 4.09. The van der Waals surface area contributed by atoms with Crippen LogP contribution in [0, 0.1) is 0 Å². The third kappa shape index (κ3) is 3.17. The third-order valence-corrected chi connectivity index (χ3v) is 6.83. The van der Waals surface area contributed by atoms with Crippen molar-refractivity contribution in [3.63, 3.8) is 0 Å². The Bertz CT molecular complexity index is 604. The number of hydrogen-bond acceptors (Lipinski definition) is 1. The van der Waals surface area contributed by atoms with Gasteiger partial charge < -0.3 is 4.43 Å². The first-order valence-electron chi connectivity index (χ1n) is 7.62. The van der Waals surface area contributed by atoms with Gasteiger partial charge in [-0.05, 0) is 30.3 Å². The molecule has 3 rings (SSSR count). The fourth-order valence-electron chi connectivity index (χ4n) is 3.04. The summed E-state index contributed by atoms with van der Waals surface area (Å²) in [5.74, 6) is 0.390. The van der Waals surface area contributed by atoms with Crippen LogP contribution in [0.1, 0.15) is 17.9 Å². The lowest BCUT2D eigenvalue weighted by atomic mass is 9.97. The molecule has 0 N–H and O–H groups in total. The summed E-state index contributed by atoms with van der Waals surface area (Å²) >= 11 is 0. The van der Waals surface area contributed by atoms with E-state index in [1.807, 2.05) is 0 Å². The first-order valence-corrected chi connectivity index (χ1v) is 10.5. The number of hydrogen-bond donors (Lipinski definition) is 0. The Balaban J connectivity index is 1.78. The lowest BCUT2D eigenvalue weighted by Gasteiger charge is -2.31. The van der Waals surface area contributed by atoms with Gasteiger partial charge in [0.05, 0.1) is 6.10 Å². The van der Waals surface area contributed by atoms with Gasteiger partial charge in [0.25, 0.3) is 0 Å². The Hall–Kier alpha value is -1.64. The molecule has 0 spiro atoms. The molecule has 0 heterocycles. The summed E-state index contributed by atoms with van der Waals surface area (Å²) in [5, 5.41) is 1.36. The van der Waals surface area contributed by atoms with Crippen molar-refractivity contribution in [1.29, 1.82) is 0 Å². The van der Waals surface area contributed by atoms with Crippen LogP contribution in [0.3, 0.4) is 0 Å². The Morgan fingerprint density at radius 1 is 0.905 bits per heavy atom. The molecule has 108 valence electrons. The molecule has 0 saturated heterocycles. The fourth-order valence-corrected chi connectivity index (χ4v) is 5.17. The summed E-state index contributed by atoms with van der Waals surface area (Å²) in [7, 11) is -1.86. The van der Waals surface area contributed by atoms with Gasteiger partial charge in [-0.15, -0.1) is 0 Å². The zero-order chi connectivity index (χ0) is 14.7. The van der Waals surface area contributed by atoms with E-state index in [4.69, 9.17) is 4.43 Å². The van der Waals surface area contributed by atoms with E-state index in [9.17, 15) is 0 Å². The molecule has 1 aliphatic rings. The van der Waals surface area contributed by atoms with Crippen LogP contribution >= 0.6 is 0 Å². The molecule has 1 nitrogen and oxygen atoms in total. The topological polar surface area (TPSA) is 9.23 Å². The second kappa shape index (κ2) is 6.00. The Morgan fingerprint density at radius 3 is 2.19 bits per heavy atom. The van der Waals surface area contributed by atoms with Gasteiger partial charge in [-0.25, -0.2) is 0 Å². The van der Waals surface area contributed by atoms with Crippen molar-refractivity contribution in [2.75, 3.05) is 0 Å². The monoisotopic (exact) mass is 294 g/mol. The van der Waals surface area contributed by atoms with Crippen molar-refractivity contribution in [3.8, 4) is 0 Å². The van der Waals surface area contributed by atoms with E-state index in [-0.39, 0.29) is 6.10 Å². The molecule has 0 amide bonds. The predicted molar refractivity (Wildman–Crippen MR) is 91.4 cm³/mol. The molecule has 2 aromatic carbocycles. The lowest BCUT2D eigenvalue weighted by Crippen LogP contribution is -2.47. The van der Waals surface area contributed by atoms with Gasteiger partial charge in [-0.2, -0.15) is 0 Å². The maximum Gasteiger partial charge on any atom is 0.218 e. The van der Waals surface area contributed by atoms with Crippen molar-refractivity contribution in [1.82, 2.24) is 0 Å². The van der Waals surface area contributed by atoms with Crippen LogP contribution in [-0.2, 0) is 4.43 Å². The summed E-state index contributed by atoms with van der Waals surface area (Å²) in [4.78, 5) is 0. The molecule has 0 fully saturated rings. The molecule has 2 heteroatoms. The first-order chi connectivity index (χ1) is 10.2. The quantitative estimate of drug-likeness (QED) is 0.606. The van der Waals surface area contributed by atoms with E-state index >= 15 is 0 Å². The Labute approximate surface area is 128 Å². The van der Waals surface area contributed by atoms with Gasteiger partial charge in [-0.1, -0.05) is 72.8 Å². The largest absolute Gasteiger partial charge is 0.409 e. The standard InChI is InChI=1S/C19H22OSi/c1-21(2,17-12-7-4-8-13-17)20-19-15-9-14-18(19)16-10-5-3-6-11-16/h3-14,18-19H,15H2,1-2H3/t18-,19+/m0/s1. The molecule has 0 aromatic heterocycles. The minimum absolute atomic E-state index is 0.272. The fraction of sp³-hybridized carbons (Fsp3) is 0.263. The van der Waals surface area contributed by atoms with Gasteiger partial charge in [-0.3, -0.25) is 0 Å². The summed E-state index contributed by atoms with van der Waals surface area (Å²) in [6.07, 6.45) is 5.85. The minimum Gasteiger partial charge on any atom is -0.409 e. The highest BCUT2D eigenvalue weighted by molar-refractivity contribution is 6.84. The Morgan fingerprint density at radius 2 is 1.52 bits per heavy atom. The van der Waals surface area contributed by atoms with Gasteiger partial charge in [0.2, 0.25) is 8.32 Å². The van der Waals surface area contributed by atoms with Crippen LogP contribution in [0.15, 0.2) is 72.8 Å². The summed E-state index contributed by atoms with van der Waals surface area (Å²) in [6.45, 7) is 4.59. The van der Waals surface area contributed by atoms with E-state index < -0.39 is 8.32 Å². The minimum atomic E-state index is -1.86. The number of benzene rings is 2. The molecular weight excluding hydrogens is 272 g/mol. The normalized spacial score (nSPS) is 21.6. The smallest absolute Gasteiger partial charge is 0.218 e. The SMILES string of the molecule is C[Si](C)(O[C@@H]1CC=C[C@H]1c1ccccc1)c1ccccc1. The molecular formula is C19H22OSi. The zero-order valence-corrected chi connectivity index (χ0v) is 13.7. The second-order valence-corrected chi connectivity index (χ2v) is 9.97. The van der Waals surface area contributed by atoms with Crippen molar-refractivity contribution < 1.29 is 4.43 Å². The number of rotatable bonds is 4. The summed E-state index contributed by atoms with van der Waals surface area (Å²) in [5.41, 5.74) is 1.36. The van der Waals surface area contributed by atoms with Crippen LogP contribution in [0.2, 0.25) is 13.1 Å².